The second kappa shape index (κ2) is 8.36. The fraction of sp³-hybridized carbons (Fsp3) is 0.318. The van der Waals surface area contributed by atoms with E-state index in [9.17, 15) is 24.6 Å². The van der Waals surface area contributed by atoms with E-state index in [1.165, 1.54) is 29.8 Å². The van der Waals surface area contributed by atoms with Gasteiger partial charge in [0.25, 0.3) is 0 Å². The second-order valence-corrected chi connectivity index (χ2v) is 7.75. The largest absolute Gasteiger partial charge is 0.361 e. The average Bonchev–Trinajstić information content (AvgIpc) is 2.80. The van der Waals surface area contributed by atoms with Gasteiger partial charge in [0.05, 0.1) is 10.4 Å². The minimum atomic E-state index is -0.717. The lowest BCUT2D eigenvalue weighted by Crippen LogP contribution is -2.48. The molecular formula is C22H21FN6O3. The van der Waals surface area contributed by atoms with Crippen molar-refractivity contribution in [1.29, 1.82) is 5.26 Å². The highest BCUT2D eigenvalue weighted by Gasteiger charge is 2.32. The summed E-state index contributed by atoms with van der Waals surface area (Å²) in [5, 5.41) is 21.1. The summed E-state index contributed by atoms with van der Waals surface area (Å²) in [5.74, 6) is -0.292. The number of aromatic nitrogens is 2. The Labute approximate surface area is 183 Å². The number of benzene rings is 1. The summed E-state index contributed by atoms with van der Waals surface area (Å²) in [5.41, 5.74) is 0.683. The molecule has 3 aromatic rings. The van der Waals surface area contributed by atoms with Crippen LogP contribution in [-0.4, -0.2) is 45.6 Å². The molecule has 2 aromatic heterocycles. The molecule has 1 aliphatic rings. The Bertz CT molecular complexity index is 1290. The predicted molar refractivity (Wildman–Crippen MR) is 117 cm³/mol. The summed E-state index contributed by atoms with van der Waals surface area (Å²) in [7, 11) is 1.46. The molecule has 1 fully saturated rings. The molecule has 10 heteroatoms. The number of pyridine rings is 2. The summed E-state index contributed by atoms with van der Waals surface area (Å²) < 4.78 is 14.4. The molecule has 9 nitrogen and oxygen atoms in total. The number of nitrogens with zero attached hydrogens (tertiary/aromatic N) is 6. The maximum Gasteiger partial charge on any atom is 0.359 e. The Morgan fingerprint density at radius 3 is 2.41 bits per heavy atom. The number of piperazine rings is 1. The summed E-state index contributed by atoms with van der Waals surface area (Å²) in [6.07, 6.45) is 0. The van der Waals surface area contributed by atoms with Gasteiger partial charge in [0.15, 0.2) is 5.69 Å². The Balaban J connectivity index is 1.71. The molecule has 0 N–H and O–H groups in total. The standard InChI is InChI=1S/C22H21FN6O3/c1-14(15-3-5-16(23)6-4-15)27-9-11-28(12-10-27)20-19-18(8-7-17(13-24)25-19)26(2)22(30)21(20)29(31)32/h3-8,14H,9-12H2,1-2H3. The van der Waals surface area contributed by atoms with E-state index in [1.54, 1.807) is 23.1 Å². The van der Waals surface area contributed by atoms with Crippen molar-refractivity contribution in [3.05, 3.63) is 73.9 Å². The molecule has 0 amide bonds. The number of anilines is 1. The van der Waals surface area contributed by atoms with Crippen LogP contribution in [0.5, 0.6) is 0 Å². The Hall–Kier alpha value is -3.84. The fourth-order valence-electron chi connectivity index (χ4n) is 4.19. The zero-order chi connectivity index (χ0) is 23.0. The molecular weight excluding hydrogens is 415 g/mol. The lowest BCUT2D eigenvalue weighted by molar-refractivity contribution is -0.385. The van der Waals surface area contributed by atoms with Crippen LogP contribution in [0, 0.1) is 27.3 Å². The zero-order valence-electron chi connectivity index (χ0n) is 17.7. The topological polar surface area (TPSA) is 108 Å². The Morgan fingerprint density at radius 2 is 1.81 bits per heavy atom. The van der Waals surface area contributed by atoms with Crippen LogP contribution >= 0.6 is 0 Å². The minimum absolute atomic E-state index is 0.0384. The van der Waals surface area contributed by atoms with E-state index < -0.39 is 16.2 Å². The van der Waals surface area contributed by atoms with E-state index in [-0.39, 0.29) is 28.8 Å². The van der Waals surface area contributed by atoms with Crippen LogP contribution in [-0.2, 0) is 7.05 Å². The van der Waals surface area contributed by atoms with E-state index in [0.29, 0.717) is 31.7 Å². The van der Waals surface area contributed by atoms with Crippen molar-refractivity contribution in [2.75, 3.05) is 31.1 Å². The van der Waals surface area contributed by atoms with Crippen molar-refractivity contribution in [1.82, 2.24) is 14.5 Å². The first-order valence-corrected chi connectivity index (χ1v) is 10.1. The van der Waals surface area contributed by atoms with E-state index in [1.807, 2.05) is 13.0 Å². The molecule has 32 heavy (non-hydrogen) atoms. The third-order valence-corrected chi connectivity index (χ3v) is 6.02. The van der Waals surface area contributed by atoms with Crippen LogP contribution in [0.25, 0.3) is 11.0 Å². The highest BCUT2D eigenvalue weighted by atomic mass is 19.1. The number of hydrogen-bond acceptors (Lipinski definition) is 7. The third-order valence-electron chi connectivity index (χ3n) is 6.02. The van der Waals surface area contributed by atoms with Gasteiger partial charge in [-0.15, -0.1) is 0 Å². The van der Waals surface area contributed by atoms with Crippen molar-refractivity contribution >= 4 is 22.4 Å². The first-order valence-electron chi connectivity index (χ1n) is 10.1. The molecule has 1 aliphatic heterocycles. The number of nitro groups is 1. The molecule has 1 atom stereocenters. The van der Waals surface area contributed by atoms with Crippen LogP contribution < -0.4 is 10.5 Å². The van der Waals surface area contributed by atoms with Crippen molar-refractivity contribution in [2.45, 2.75) is 13.0 Å². The second-order valence-electron chi connectivity index (χ2n) is 7.75. The smallest absolute Gasteiger partial charge is 0.359 e. The maximum atomic E-state index is 13.2. The Kier molecular flexibility index (Phi) is 5.59. The summed E-state index contributed by atoms with van der Waals surface area (Å²) >= 11 is 0. The van der Waals surface area contributed by atoms with Gasteiger partial charge < -0.3 is 9.47 Å². The monoisotopic (exact) mass is 436 g/mol. The fourth-order valence-corrected chi connectivity index (χ4v) is 4.19. The molecule has 3 heterocycles. The molecule has 164 valence electrons. The number of hydrogen-bond donors (Lipinski definition) is 0. The molecule has 0 spiro atoms. The van der Waals surface area contributed by atoms with Crippen LogP contribution in [0.15, 0.2) is 41.2 Å². The molecule has 0 radical (unpaired) electrons. The molecule has 1 aromatic carbocycles. The van der Waals surface area contributed by atoms with Crippen molar-refractivity contribution in [3.63, 3.8) is 0 Å². The van der Waals surface area contributed by atoms with Gasteiger partial charge in [0.1, 0.15) is 23.1 Å². The molecule has 0 saturated carbocycles. The highest BCUT2D eigenvalue weighted by Crippen LogP contribution is 2.34. The lowest BCUT2D eigenvalue weighted by atomic mass is 10.1. The van der Waals surface area contributed by atoms with Crippen LogP contribution in [0.3, 0.4) is 0 Å². The quantitative estimate of drug-likeness (QED) is 0.457. The van der Waals surface area contributed by atoms with Gasteiger partial charge in [-0.2, -0.15) is 5.26 Å². The Morgan fingerprint density at radius 1 is 1.16 bits per heavy atom. The number of rotatable bonds is 4. The molecule has 1 saturated heterocycles. The number of fused-ring (bicyclic) bond motifs is 1. The summed E-state index contributed by atoms with van der Waals surface area (Å²) in [4.78, 5) is 32.3. The van der Waals surface area contributed by atoms with Crippen LogP contribution in [0.4, 0.5) is 15.8 Å². The van der Waals surface area contributed by atoms with Crippen LogP contribution in [0.1, 0.15) is 24.2 Å². The number of nitriles is 1. The molecule has 1 unspecified atom stereocenters. The number of halogens is 1. The van der Waals surface area contributed by atoms with Crippen molar-refractivity contribution < 1.29 is 9.31 Å². The first kappa shape index (κ1) is 21.4. The molecule has 0 bridgehead atoms. The predicted octanol–water partition coefficient (Wildman–Crippen LogP) is 2.74. The van der Waals surface area contributed by atoms with Gasteiger partial charge in [-0.25, -0.2) is 9.37 Å². The van der Waals surface area contributed by atoms with Gasteiger partial charge in [-0.1, -0.05) is 12.1 Å². The van der Waals surface area contributed by atoms with Gasteiger partial charge in [-0.3, -0.25) is 19.8 Å². The van der Waals surface area contributed by atoms with Gasteiger partial charge in [0, 0.05) is 39.3 Å². The highest BCUT2D eigenvalue weighted by molar-refractivity contribution is 5.94. The van der Waals surface area contributed by atoms with Crippen molar-refractivity contribution in [3.8, 4) is 6.07 Å². The first-order chi connectivity index (χ1) is 15.3. The van der Waals surface area contributed by atoms with Gasteiger partial charge >= 0.3 is 11.2 Å². The van der Waals surface area contributed by atoms with E-state index in [4.69, 9.17) is 0 Å². The lowest BCUT2D eigenvalue weighted by Gasteiger charge is -2.39. The molecule has 4 rings (SSSR count). The average molecular weight is 436 g/mol. The normalized spacial score (nSPS) is 15.5. The van der Waals surface area contributed by atoms with Crippen molar-refractivity contribution in [2.24, 2.45) is 7.05 Å². The maximum absolute atomic E-state index is 13.2. The minimum Gasteiger partial charge on any atom is -0.361 e. The van der Waals surface area contributed by atoms with E-state index in [2.05, 4.69) is 9.88 Å². The van der Waals surface area contributed by atoms with Gasteiger partial charge in [0.2, 0.25) is 0 Å². The third kappa shape index (κ3) is 3.67. The van der Waals surface area contributed by atoms with E-state index >= 15 is 0 Å². The zero-order valence-corrected chi connectivity index (χ0v) is 17.7. The summed E-state index contributed by atoms with van der Waals surface area (Å²) in [6.45, 7) is 4.08. The van der Waals surface area contributed by atoms with E-state index in [0.717, 1.165) is 5.56 Å². The van der Waals surface area contributed by atoms with Crippen LogP contribution in [0.2, 0.25) is 0 Å². The van der Waals surface area contributed by atoms with Gasteiger partial charge in [-0.05, 0) is 36.8 Å². The molecule has 0 aliphatic carbocycles. The summed E-state index contributed by atoms with van der Waals surface area (Å²) in [6, 6.07) is 11.4. The number of aryl methyl sites for hydroxylation is 1. The SMILES string of the molecule is CC(c1ccc(F)cc1)N1CCN(c2c([N+](=O)[O-])c(=O)n(C)c3ccc(C#N)nc23)CC1.